The molecule has 0 radical (unpaired) electrons. The van der Waals surface area contributed by atoms with Crippen LogP contribution >= 0.6 is 0 Å². The van der Waals surface area contributed by atoms with Crippen molar-refractivity contribution in [2.45, 2.75) is 26.3 Å². The summed E-state index contributed by atoms with van der Waals surface area (Å²) in [6.07, 6.45) is 1.51. The van der Waals surface area contributed by atoms with Gasteiger partial charge in [0.05, 0.1) is 0 Å². The normalized spacial score (nSPS) is 10.9. The van der Waals surface area contributed by atoms with Gasteiger partial charge in [0.25, 0.3) is 5.91 Å². The van der Waals surface area contributed by atoms with E-state index in [-0.39, 0.29) is 5.69 Å². The summed E-state index contributed by atoms with van der Waals surface area (Å²) in [7, 11) is 0. The smallest absolute Gasteiger partial charge is 0.328 e. The number of nitrogens with one attached hydrogen (secondary N) is 1. The maximum absolute atomic E-state index is 11.7. The molecule has 1 heterocycles. The molecule has 1 aromatic heterocycles. The fraction of sp³-hybridized carbons (Fsp3) is 0.364. The molecule has 16 heavy (non-hydrogen) atoms. The van der Waals surface area contributed by atoms with Gasteiger partial charge in [-0.2, -0.15) is 0 Å². The number of carboxylic acid groups (broad SMARTS) is 1. The second-order valence-electron chi connectivity index (χ2n) is 4.10. The second-order valence-corrected chi connectivity index (χ2v) is 4.10. The molecule has 0 spiro atoms. The Bertz CT molecular complexity index is 427. The lowest BCUT2D eigenvalue weighted by atomic mass is 10.1. The Kier molecular flexibility index (Phi) is 3.27. The first-order chi connectivity index (χ1) is 7.33. The summed E-state index contributed by atoms with van der Waals surface area (Å²) in [6, 6.07) is 3.37. The summed E-state index contributed by atoms with van der Waals surface area (Å²) >= 11 is 0. The first-order valence-corrected chi connectivity index (χ1v) is 4.81. The third-order valence-electron chi connectivity index (χ3n) is 2.11. The van der Waals surface area contributed by atoms with Crippen molar-refractivity contribution in [2.75, 3.05) is 0 Å². The van der Waals surface area contributed by atoms with E-state index < -0.39 is 17.4 Å². The minimum Gasteiger partial charge on any atom is -0.480 e. The van der Waals surface area contributed by atoms with Crippen molar-refractivity contribution < 1.29 is 14.7 Å². The molecule has 0 unspecified atom stereocenters. The maximum Gasteiger partial charge on any atom is 0.328 e. The third-order valence-corrected chi connectivity index (χ3v) is 2.11. The summed E-state index contributed by atoms with van der Waals surface area (Å²) < 4.78 is 0. The number of aliphatic carboxylic acids is 1. The van der Waals surface area contributed by atoms with E-state index in [0.717, 1.165) is 5.56 Å². The van der Waals surface area contributed by atoms with Crippen molar-refractivity contribution in [3.8, 4) is 0 Å². The Labute approximate surface area is 93.5 Å². The summed E-state index contributed by atoms with van der Waals surface area (Å²) in [5.74, 6) is -1.58. The Morgan fingerprint density at radius 1 is 1.44 bits per heavy atom. The standard InChI is InChI=1S/C11H14N2O3/c1-7-4-5-12-8(6-7)9(14)13-11(2,3)10(15)16/h4-6H,1-3H3,(H,13,14)(H,15,16). The van der Waals surface area contributed by atoms with E-state index in [9.17, 15) is 9.59 Å². The molecular formula is C11H14N2O3. The zero-order chi connectivity index (χ0) is 12.3. The Hall–Kier alpha value is -1.91. The van der Waals surface area contributed by atoms with Crippen molar-refractivity contribution >= 4 is 11.9 Å². The SMILES string of the molecule is Cc1ccnc(C(=O)NC(C)(C)C(=O)O)c1. The van der Waals surface area contributed by atoms with E-state index in [1.807, 2.05) is 6.92 Å². The lowest BCUT2D eigenvalue weighted by Crippen LogP contribution is -2.49. The lowest BCUT2D eigenvalue weighted by Gasteiger charge is -2.20. The van der Waals surface area contributed by atoms with E-state index >= 15 is 0 Å². The number of rotatable bonds is 3. The van der Waals surface area contributed by atoms with Crippen LogP contribution < -0.4 is 5.32 Å². The molecule has 5 heteroatoms. The van der Waals surface area contributed by atoms with Gasteiger partial charge in [-0.15, -0.1) is 0 Å². The number of carbonyl (C=O) groups excluding carboxylic acids is 1. The van der Waals surface area contributed by atoms with Crippen LogP contribution in [0.15, 0.2) is 18.3 Å². The highest BCUT2D eigenvalue weighted by atomic mass is 16.4. The molecule has 0 aliphatic heterocycles. The summed E-state index contributed by atoms with van der Waals surface area (Å²) in [5, 5.41) is 11.3. The van der Waals surface area contributed by atoms with Gasteiger partial charge in [0.1, 0.15) is 11.2 Å². The Morgan fingerprint density at radius 2 is 2.06 bits per heavy atom. The van der Waals surface area contributed by atoms with Crippen LogP contribution in [0.25, 0.3) is 0 Å². The fourth-order valence-electron chi connectivity index (χ4n) is 1.06. The molecule has 0 aliphatic carbocycles. The zero-order valence-corrected chi connectivity index (χ0v) is 9.44. The van der Waals surface area contributed by atoms with Crippen molar-refractivity contribution in [1.29, 1.82) is 0 Å². The number of carbonyl (C=O) groups is 2. The van der Waals surface area contributed by atoms with Gasteiger partial charge in [-0.05, 0) is 38.5 Å². The second kappa shape index (κ2) is 4.30. The molecule has 2 N–H and O–H groups in total. The lowest BCUT2D eigenvalue weighted by molar-refractivity contribution is -0.143. The van der Waals surface area contributed by atoms with Crippen molar-refractivity contribution in [2.24, 2.45) is 0 Å². The highest BCUT2D eigenvalue weighted by molar-refractivity contribution is 5.96. The molecule has 0 aliphatic rings. The molecule has 5 nitrogen and oxygen atoms in total. The number of pyridine rings is 1. The van der Waals surface area contributed by atoms with Crippen LogP contribution in [0.4, 0.5) is 0 Å². The predicted octanol–water partition coefficient (Wildman–Crippen LogP) is 0.983. The van der Waals surface area contributed by atoms with Crippen LogP contribution in [0.3, 0.4) is 0 Å². The number of amides is 1. The van der Waals surface area contributed by atoms with Gasteiger partial charge in [0.2, 0.25) is 0 Å². The van der Waals surface area contributed by atoms with Gasteiger partial charge in [0.15, 0.2) is 0 Å². The van der Waals surface area contributed by atoms with E-state index in [4.69, 9.17) is 5.11 Å². The molecule has 0 aromatic carbocycles. The van der Waals surface area contributed by atoms with E-state index in [1.165, 1.54) is 20.0 Å². The molecule has 1 rings (SSSR count). The summed E-state index contributed by atoms with van der Waals surface area (Å²) in [6.45, 7) is 4.67. The minimum absolute atomic E-state index is 0.217. The van der Waals surface area contributed by atoms with Crippen molar-refractivity contribution in [3.63, 3.8) is 0 Å². The quantitative estimate of drug-likeness (QED) is 0.799. The van der Waals surface area contributed by atoms with Gasteiger partial charge < -0.3 is 10.4 Å². The first kappa shape index (κ1) is 12.2. The van der Waals surface area contributed by atoms with Crippen LogP contribution in [0, 0.1) is 6.92 Å². The topological polar surface area (TPSA) is 79.3 Å². The molecule has 0 fully saturated rings. The molecule has 86 valence electrons. The maximum atomic E-state index is 11.7. The number of aryl methyl sites for hydroxylation is 1. The molecule has 1 amide bonds. The minimum atomic E-state index is -1.30. The molecular weight excluding hydrogens is 208 g/mol. The molecule has 0 atom stereocenters. The summed E-state index contributed by atoms with van der Waals surface area (Å²) in [4.78, 5) is 26.4. The number of hydrogen-bond donors (Lipinski definition) is 2. The van der Waals surface area contributed by atoms with Crippen molar-refractivity contribution in [3.05, 3.63) is 29.6 Å². The van der Waals surface area contributed by atoms with Crippen LogP contribution in [-0.2, 0) is 4.79 Å². The van der Waals surface area contributed by atoms with Gasteiger partial charge in [-0.3, -0.25) is 9.78 Å². The number of carboxylic acids is 1. The van der Waals surface area contributed by atoms with E-state index in [0.29, 0.717) is 0 Å². The number of aromatic nitrogens is 1. The number of nitrogens with zero attached hydrogens (tertiary/aromatic N) is 1. The van der Waals surface area contributed by atoms with Crippen molar-refractivity contribution in [1.82, 2.24) is 10.3 Å². The monoisotopic (exact) mass is 222 g/mol. The average molecular weight is 222 g/mol. The summed E-state index contributed by atoms with van der Waals surface area (Å²) in [5.41, 5.74) is -0.190. The van der Waals surface area contributed by atoms with Gasteiger partial charge >= 0.3 is 5.97 Å². The largest absolute Gasteiger partial charge is 0.480 e. The first-order valence-electron chi connectivity index (χ1n) is 4.81. The Balaban J connectivity index is 2.85. The third kappa shape index (κ3) is 2.79. The highest BCUT2D eigenvalue weighted by Crippen LogP contribution is 2.05. The van der Waals surface area contributed by atoms with Crippen LogP contribution in [0.1, 0.15) is 29.9 Å². The predicted molar refractivity (Wildman–Crippen MR) is 58.2 cm³/mol. The van der Waals surface area contributed by atoms with E-state index in [1.54, 1.807) is 12.1 Å². The Morgan fingerprint density at radius 3 is 2.56 bits per heavy atom. The van der Waals surface area contributed by atoms with Gasteiger partial charge in [-0.25, -0.2) is 4.79 Å². The molecule has 0 saturated carbocycles. The van der Waals surface area contributed by atoms with Gasteiger partial charge in [-0.1, -0.05) is 0 Å². The van der Waals surface area contributed by atoms with Crippen LogP contribution in [0.2, 0.25) is 0 Å². The van der Waals surface area contributed by atoms with Crippen LogP contribution in [-0.4, -0.2) is 27.5 Å². The zero-order valence-electron chi connectivity index (χ0n) is 9.44. The molecule has 0 bridgehead atoms. The number of hydrogen-bond acceptors (Lipinski definition) is 3. The molecule has 0 saturated heterocycles. The van der Waals surface area contributed by atoms with E-state index in [2.05, 4.69) is 10.3 Å². The average Bonchev–Trinajstić information content (AvgIpc) is 2.16. The van der Waals surface area contributed by atoms with Gasteiger partial charge in [0, 0.05) is 6.20 Å². The fourth-order valence-corrected chi connectivity index (χ4v) is 1.06. The molecule has 1 aromatic rings. The highest BCUT2D eigenvalue weighted by Gasteiger charge is 2.29. The van der Waals surface area contributed by atoms with Crippen LogP contribution in [0.5, 0.6) is 0 Å².